The van der Waals surface area contributed by atoms with Crippen LogP contribution in [0.5, 0.6) is 0 Å². The highest BCUT2D eigenvalue weighted by Crippen LogP contribution is 2.63. The number of cyclic esters (lactones) is 1. The fraction of sp³-hybridized carbons (Fsp3) is 0.500. The molecule has 3 fully saturated rings. The highest BCUT2D eigenvalue weighted by Gasteiger charge is 2.71. The molecular formula is C30H32N4O6. The Morgan fingerprint density at radius 2 is 1.90 bits per heavy atom. The van der Waals surface area contributed by atoms with E-state index in [-0.39, 0.29) is 48.6 Å². The number of hydrogen-bond acceptors (Lipinski definition) is 8. The quantitative estimate of drug-likeness (QED) is 0.405. The van der Waals surface area contributed by atoms with E-state index in [4.69, 9.17) is 19.2 Å². The Hall–Kier alpha value is -4.13. The van der Waals surface area contributed by atoms with Crippen molar-refractivity contribution in [3.63, 3.8) is 0 Å². The Morgan fingerprint density at radius 1 is 1.18 bits per heavy atom. The molecule has 2 amide bonds. The van der Waals surface area contributed by atoms with E-state index in [1.54, 1.807) is 16.0 Å². The van der Waals surface area contributed by atoms with E-state index in [2.05, 4.69) is 12.1 Å². The van der Waals surface area contributed by atoms with Crippen LogP contribution >= 0.6 is 0 Å². The summed E-state index contributed by atoms with van der Waals surface area (Å²) >= 11 is 0. The fourth-order valence-corrected chi connectivity index (χ4v) is 6.59. The first-order chi connectivity index (χ1) is 19.1. The molecule has 4 aliphatic rings. The van der Waals surface area contributed by atoms with E-state index in [0.717, 1.165) is 28.1 Å². The Bertz CT molecular complexity index is 1410. The number of piperidine rings is 1. The summed E-state index contributed by atoms with van der Waals surface area (Å²) in [5.74, 6) is -0.232. The average molecular weight is 545 g/mol. The van der Waals surface area contributed by atoms with Gasteiger partial charge in [-0.25, -0.2) is 9.59 Å². The van der Waals surface area contributed by atoms with E-state index in [1.165, 1.54) is 7.11 Å². The number of amides is 2. The Morgan fingerprint density at radius 3 is 2.52 bits per heavy atom. The van der Waals surface area contributed by atoms with Crippen LogP contribution in [0.2, 0.25) is 0 Å². The van der Waals surface area contributed by atoms with Crippen LogP contribution in [0.3, 0.4) is 0 Å². The molecular weight excluding hydrogens is 512 g/mol. The second-order valence-corrected chi connectivity index (χ2v) is 12.0. The van der Waals surface area contributed by atoms with Crippen LogP contribution in [0.4, 0.5) is 15.3 Å². The zero-order chi connectivity index (χ0) is 28.4. The maximum Gasteiger partial charge on any atom is 0.415 e. The summed E-state index contributed by atoms with van der Waals surface area (Å²) in [6.45, 7) is 6.50. The lowest BCUT2D eigenvalue weighted by atomic mass is 9.95. The first-order valence-corrected chi connectivity index (χ1v) is 13.6. The number of esters is 1. The van der Waals surface area contributed by atoms with Crippen LogP contribution < -0.4 is 4.90 Å². The monoisotopic (exact) mass is 544 g/mol. The molecule has 0 bridgehead atoms. The molecule has 208 valence electrons. The number of fused-ring (bicyclic) bond motifs is 4. The van der Waals surface area contributed by atoms with Crippen LogP contribution in [-0.4, -0.2) is 66.0 Å². The number of carbonyl (C=O) groups excluding carboxylic acids is 3. The Kier molecular flexibility index (Phi) is 6.02. The topological polar surface area (TPSA) is 122 Å². The predicted octanol–water partition coefficient (Wildman–Crippen LogP) is 4.21. The number of ether oxygens (including phenoxy) is 3. The second-order valence-electron chi connectivity index (χ2n) is 12.0. The highest BCUT2D eigenvalue weighted by molar-refractivity contribution is 5.94. The number of hydrogen-bond donors (Lipinski definition) is 0. The minimum atomic E-state index is -0.681. The molecule has 2 aromatic rings. The molecule has 4 heterocycles. The largest absolute Gasteiger partial charge is 0.469 e. The van der Waals surface area contributed by atoms with Crippen molar-refractivity contribution in [1.82, 2.24) is 9.88 Å². The van der Waals surface area contributed by atoms with Gasteiger partial charge in [0.25, 0.3) is 0 Å². The van der Waals surface area contributed by atoms with Crippen molar-refractivity contribution in [2.75, 3.05) is 25.1 Å². The van der Waals surface area contributed by atoms with Gasteiger partial charge < -0.3 is 19.1 Å². The first-order valence-electron chi connectivity index (χ1n) is 13.6. The Balaban J connectivity index is 1.15. The Labute approximate surface area is 232 Å². The van der Waals surface area contributed by atoms with Gasteiger partial charge in [-0.2, -0.15) is 5.26 Å². The van der Waals surface area contributed by atoms with E-state index >= 15 is 0 Å². The van der Waals surface area contributed by atoms with Gasteiger partial charge in [-0.05, 0) is 62.9 Å². The van der Waals surface area contributed by atoms with Gasteiger partial charge >= 0.3 is 18.2 Å². The maximum absolute atomic E-state index is 12.6. The summed E-state index contributed by atoms with van der Waals surface area (Å²) in [6.07, 6.45) is 1.96. The number of nitriles is 1. The number of likely N-dealkylation sites (tertiary alicyclic amines) is 1. The number of aromatic nitrogens is 1. The molecule has 5 atom stereocenters. The number of nitrogens with zero attached hydrogens (tertiary/aromatic N) is 4. The third-order valence-corrected chi connectivity index (χ3v) is 8.58. The second kappa shape index (κ2) is 9.22. The van der Waals surface area contributed by atoms with Gasteiger partial charge in [-0.15, -0.1) is 0 Å². The first kappa shape index (κ1) is 26.1. The number of methoxy groups -OCH3 is 1. The smallest absolute Gasteiger partial charge is 0.415 e. The minimum Gasteiger partial charge on any atom is -0.469 e. The molecule has 40 heavy (non-hydrogen) atoms. The summed E-state index contributed by atoms with van der Waals surface area (Å²) in [5.41, 5.74) is 3.24. The van der Waals surface area contributed by atoms with Crippen LogP contribution in [0.15, 0.2) is 36.5 Å². The lowest BCUT2D eigenvalue weighted by Crippen LogP contribution is -2.39. The van der Waals surface area contributed by atoms with Crippen molar-refractivity contribution in [1.29, 1.82) is 5.26 Å². The van der Waals surface area contributed by atoms with Crippen LogP contribution in [0, 0.1) is 23.2 Å². The van der Waals surface area contributed by atoms with Crippen molar-refractivity contribution < 1.29 is 28.6 Å². The lowest BCUT2D eigenvalue weighted by Gasteiger charge is -2.27. The van der Waals surface area contributed by atoms with E-state index in [9.17, 15) is 19.6 Å². The van der Waals surface area contributed by atoms with Gasteiger partial charge in [0.05, 0.1) is 30.6 Å². The SMILES string of the molecule is COC(=O)CC[C@@H]1OC(=O)N2c3ccc(-c4ccc(C5(C#N)[C@@H]6CN(C(=O)OC(C)(C)C)C[C@@H]65)nc4)cc3C[C@@H]12. The number of carbonyl (C=O) groups is 3. The number of pyridine rings is 1. The standard InChI is InChI=1S/C30H32N4O6/c1-29(2,3)40-27(36)33-14-20-21(15-33)30(20,16-31)25-9-6-18(13-32-25)17-5-7-22-19(11-17)12-23-24(8-10-26(35)38-4)39-28(37)34(22)23/h5-7,9,11,13,20-21,23-24H,8,10,12,14-15H2,1-4H3/t20-,21+,23-,24-,30?/m0/s1. The van der Waals surface area contributed by atoms with Crippen molar-refractivity contribution in [2.24, 2.45) is 11.8 Å². The van der Waals surface area contributed by atoms with Crippen molar-refractivity contribution >= 4 is 23.8 Å². The fourth-order valence-electron chi connectivity index (χ4n) is 6.59. The van der Waals surface area contributed by atoms with E-state index in [1.807, 2.05) is 45.0 Å². The molecule has 1 aliphatic carbocycles. The normalized spacial score (nSPS) is 27.8. The summed E-state index contributed by atoms with van der Waals surface area (Å²) in [4.78, 5) is 44.7. The van der Waals surface area contributed by atoms with E-state index < -0.39 is 11.0 Å². The van der Waals surface area contributed by atoms with Crippen LogP contribution in [0.25, 0.3) is 11.1 Å². The summed E-state index contributed by atoms with van der Waals surface area (Å²) < 4.78 is 15.8. The zero-order valence-electron chi connectivity index (χ0n) is 23.0. The van der Waals surface area contributed by atoms with Crippen molar-refractivity contribution in [2.45, 2.75) is 63.2 Å². The third kappa shape index (κ3) is 4.15. The molecule has 2 saturated heterocycles. The molecule has 6 rings (SSSR count). The van der Waals surface area contributed by atoms with Gasteiger partial charge in [0.1, 0.15) is 17.1 Å². The van der Waals surface area contributed by atoms with Crippen LogP contribution in [-0.2, 0) is 30.8 Å². The lowest BCUT2D eigenvalue weighted by molar-refractivity contribution is -0.141. The summed E-state index contributed by atoms with van der Waals surface area (Å²) in [6, 6.07) is 12.2. The van der Waals surface area contributed by atoms with E-state index in [0.29, 0.717) is 25.9 Å². The molecule has 0 spiro atoms. The van der Waals surface area contributed by atoms with Gasteiger partial charge in [0.2, 0.25) is 0 Å². The van der Waals surface area contributed by atoms with Crippen molar-refractivity contribution in [3.05, 3.63) is 47.8 Å². The zero-order valence-corrected chi connectivity index (χ0v) is 23.0. The van der Waals surface area contributed by atoms with Crippen molar-refractivity contribution in [3.8, 4) is 17.2 Å². The summed E-state index contributed by atoms with van der Waals surface area (Å²) in [5, 5.41) is 10.1. The van der Waals surface area contributed by atoms with Gasteiger partial charge in [0, 0.05) is 43.1 Å². The minimum absolute atomic E-state index is 0.0451. The molecule has 10 heteroatoms. The van der Waals surface area contributed by atoms with Gasteiger partial charge in [-0.1, -0.05) is 12.1 Å². The molecule has 3 aliphatic heterocycles. The molecule has 1 unspecified atom stereocenters. The molecule has 1 aromatic carbocycles. The number of anilines is 1. The molecule has 0 N–H and O–H groups in total. The van der Waals surface area contributed by atoms with Gasteiger partial charge in [0.15, 0.2) is 0 Å². The molecule has 1 saturated carbocycles. The number of benzene rings is 1. The maximum atomic E-state index is 12.6. The molecule has 0 radical (unpaired) electrons. The highest BCUT2D eigenvalue weighted by atomic mass is 16.6. The summed E-state index contributed by atoms with van der Waals surface area (Å²) in [7, 11) is 1.35. The van der Waals surface area contributed by atoms with Gasteiger partial charge in [-0.3, -0.25) is 14.7 Å². The predicted molar refractivity (Wildman–Crippen MR) is 143 cm³/mol. The van der Waals surface area contributed by atoms with Crippen LogP contribution in [0.1, 0.15) is 44.9 Å². The molecule has 10 nitrogen and oxygen atoms in total. The number of rotatable bonds is 5. The third-order valence-electron chi connectivity index (χ3n) is 8.58. The average Bonchev–Trinajstić information content (AvgIpc) is 3.28. The molecule has 1 aromatic heterocycles.